The topological polar surface area (TPSA) is 74.8 Å². The lowest BCUT2D eigenvalue weighted by atomic mass is 10.1. The summed E-state index contributed by atoms with van der Waals surface area (Å²) in [7, 11) is 5.68. The molecule has 8 heteroatoms. The third-order valence-electron chi connectivity index (χ3n) is 4.22. The zero-order valence-corrected chi connectivity index (χ0v) is 17.5. The van der Waals surface area contributed by atoms with E-state index in [9.17, 15) is 9.59 Å². The number of ether oxygens (including phenoxy) is 1. The molecule has 0 radical (unpaired) electrons. The molecule has 1 N–H and O–H groups in total. The Kier molecular flexibility index (Phi) is 6.90. The number of benzene rings is 1. The molecule has 2 aromatic rings. The maximum atomic E-state index is 13.0. The van der Waals surface area contributed by atoms with Crippen molar-refractivity contribution < 1.29 is 14.3 Å². The number of fused-ring (bicyclic) bond motifs is 1. The fourth-order valence-corrected chi connectivity index (χ4v) is 3.81. The molecule has 0 saturated carbocycles. The van der Waals surface area contributed by atoms with Crippen LogP contribution >= 0.6 is 11.9 Å². The van der Waals surface area contributed by atoms with Crippen LogP contribution in [0.1, 0.15) is 18.4 Å². The van der Waals surface area contributed by atoms with Gasteiger partial charge in [-0.3, -0.25) is 9.59 Å². The molecule has 0 saturated heterocycles. The molecule has 1 aromatic carbocycles. The number of pyridine rings is 1. The van der Waals surface area contributed by atoms with E-state index in [1.54, 1.807) is 35.7 Å². The number of anilines is 1. The molecule has 0 aliphatic carbocycles. The molecule has 1 aliphatic rings. The molecular formula is C21H24N4O3S. The van der Waals surface area contributed by atoms with Gasteiger partial charge in [0, 0.05) is 30.1 Å². The minimum Gasteiger partial charge on any atom is -0.423 e. The smallest absolute Gasteiger partial charge is 0.311 e. The van der Waals surface area contributed by atoms with Crippen LogP contribution in [0.3, 0.4) is 0 Å². The number of aromatic nitrogens is 1. The molecule has 0 spiro atoms. The lowest BCUT2D eigenvalue weighted by molar-refractivity contribution is -0.136. The molecular weight excluding hydrogens is 388 g/mol. The van der Waals surface area contributed by atoms with Gasteiger partial charge in [0.15, 0.2) is 11.5 Å². The monoisotopic (exact) mass is 412 g/mol. The molecule has 0 fully saturated rings. The first kappa shape index (κ1) is 20.9. The highest BCUT2D eigenvalue weighted by atomic mass is 32.2. The van der Waals surface area contributed by atoms with E-state index >= 15 is 0 Å². The molecule has 29 heavy (non-hydrogen) atoms. The van der Waals surface area contributed by atoms with E-state index in [-0.39, 0.29) is 29.8 Å². The van der Waals surface area contributed by atoms with Gasteiger partial charge in [0.1, 0.15) is 5.82 Å². The average Bonchev–Trinajstić information content (AvgIpc) is 2.68. The van der Waals surface area contributed by atoms with Crippen LogP contribution in [-0.2, 0) is 14.3 Å². The highest BCUT2D eigenvalue weighted by Crippen LogP contribution is 2.40. The molecule has 152 valence electrons. The van der Waals surface area contributed by atoms with E-state index in [1.807, 2.05) is 43.3 Å². The molecule has 0 atom stereocenters. The predicted molar refractivity (Wildman–Crippen MR) is 114 cm³/mol. The van der Waals surface area contributed by atoms with Gasteiger partial charge < -0.3 is 19.3 Å². The van der Waals surface area contributed by atoms with Gasteiger partial charge in [0.25, 0.3) is 5.91 Å². The maximum absolute atomic E-state index is 13.0. The minimum atomic E-state index is -0.385. The number of esters is 1. The van der Waals surface area contributed by atoms with Gasteiger partial charge >= 0.3 is 5.97 Å². The molecule has 1 aromatic heterocycles. The number of amides is 1. The van der Waals surface area contributed by atoms with Crippen molar-refractivity contribution in [3.8, 4) is 0 Å². The van der Waals surface area contributed by atoms with Crippen molar-refractivity contribution in [2.45, 2.75) is 17.7 Å². The Morgan fingerprint density at radius 2 is 1.93 bits per heavy atom. The first-order valence-electron chi connectivity index (χ1n) is 9.29. The van der Waals surface area contributed by atoms with Gasteiger partial charge in [-0.1, -0.05) is 18.2 Å². The van der Waals surface area contributed by atoms with Gasteiger partial charge in [0.05, 0.1) is 0 Å². The van der Waals surface area contributed by atoms with Gasteiger partial charge in [-0.25, -0.2) is 4.98 Å². The largest absolute Gasteiger partial charge is 0.423 e. The van der Waals surface area contributed by atoms with Crippen molar-refractivity contribution in [2.24, 2.45) is 0 Å². The number of rotatable bonds is 7. The summed E-state index contributed by atoms with van der Waals surface area (Å²) < 4.78 is 7.44. The summed E-state index contributed by atoms with van der Waals surface area (Å²) in [5, 5.41) is 2.77. The lowest BCUT2D eigenvalue weighted by Crippen LogP contribution is -2.29. The predicted octanol–water partition coefficient (Wildman–Crippen LogP) is 3.23. The van der Waals surface area contributed by atoms with Crippen molar-refractivity contribution in [1.29, 1.82) is 0 Å². The Labute approximate surface area is 174 Å². The Morgan fingerprint density at radius 3 is 2.66 bits per heavy atom. The quantitative estimate of drug-likeness (QED) is 0.553. The first-order chi connectivity index (χ1) is 14.0. The fraction of sp³-hybridized carbons (Fsp3) is 0.286. The molecule has 7 nitrogen and oxygen atoms in total. The van der Waals surface area contributed by atoms with Crippen LogP contribution in [-0.4, -0.2) is 53.8 Å². The van der Waals surface area contributed by atoms with E-state index in [4.69, 9.17) is 4.74 Å². The van der Waals surface area contributed by atoms with Gasteiger partial charge in [-0.2, -0.15) is 0 Å². The van der Waals surface area contributed by atoms with Crippen LogP contribution in [0.25, 0.3) is 5.76 Å². The maximum Gasteiger partial charge on any atom is 0.311 e. The number of carbonyl (C=O) groups is 2. The van der Waals surface area contributed by atoms with Crippen molar-refractivity contribution >= 4 is 35.4 Å². The van der Waals surface area contributed by atoms with Crippen molar-refractivity contribution in [3.63, 3.8) is 0 Å². The van der Waals surface area contributed by atoms with Crippen molar-refractivity contribution in [3.05, 3.63) is 59.9 Å². The Balaban J connectivity index is 1.90. The average molecular weight is 413 g/mol. The fourth-order valence-electron chi connectivity index (χ4n) is 2.86. The minimum absolute atomic E-state index is 0.269. The number of hydrogen-bond acceptors (Lipinski definition) is 7. The van der Waals surface area contributed by atoms with Crippen LogP contribution < -0.4 is 5.32 Å². The van der Waals surface area contributed by atoms with Crippen LogP contribution in [0.15, 0.2) is 59.3 Å². The number of nitrogens with zero attached hydrogens (tertiary/aromatic N) is 3. The number of nitrogens with one attached hydrogen (secondary N) is 1. The summed E-state index contributed by atoms with van der Waals surface area (Å²) >= 11 is 1.41. The molecule has 3 rings (SSSR count). The van der Waals surface area contributed by atoms with Crippen molar-refractivity contribution in [2.75, 3.05) is 33.0 Å². The summed E-state index contributed by atoms with van der Waals surface area (Å²) in [6.45, 7) is 0.785. The van der Waals surface area contributed by atoms with Crippen LogP contribution in [0.4, 0.5) is 5.82 Å². The third kappa shape index (κ3) is 5.36. The standard InChI is InChI=1S/C21H24N4O3S/c1-24(2)14-8-12-18(26)28-20-15-9-4-5-10-16(15)29-25(3)19(20)21(27)23-17-11-6-7-13-22-17/h4-7,9-11,13H,8,12,14H2,1-3H3,(H,22,23,27). The van der Waals surface area contributed by atoms with Crippen molar-refractivity contribution in [1.82, 2.24) is 14.2 Å². The van der Waals surface area contributed by atoms with E-state index in [0.29, 0.717) is 12.2 Å². The number of carbonyl (C=O) groups excluding carboxylic acids is 2. The third-order valence-corrected chi connectivity index (χ3v) is 5.23. The Morgan fingerprint density at radius 1 is 1.17 bits per heavy atom. The highest BCUT2D eigenvalue weighted by molar-refractivity contribution is 7.97. The van der Waals surface area contributed by atoms with Crippen LogP contribution in [0.5, 0.6) is 0 Å². The Hall–Kier alpha value is -2.84. The summed E-state index contributed by atoms with van der Waals surface area (Å²) in [5.74, 6) is -0.0477. The first-order valence-corrected chi connectivity index (χ1v) is 10.1. The van der Waals surface area contributed by atoms with Crippen LogP contribution in [0.2, 0.25) is 0 Å². The summed E-state index contributed by atoms with van der Waals surface area (Å²) in [4.78, 5) is 32.6. The Bertz CT molecular complexity index is 915. The lowest BCUT2D eigenvalue weighted by Gasteiger charge is -2.29. The molecule has 2 heterocycles. The summed E-state index contributed by atoms with van der Waals surface area (Å²) in [6, 6.07) is 12.8. The number of likely N-dealkylation sites (N-methyl/N-ethyl adjacent to an activating group) is 1. The van der Waals surface area contributed by atoms with E-state index in [0.717, 1.165) is 17.0 Å². The zero-order valence-electron chi connectivity index (χ0n) is 16.7. The van der Waals surface area contributed by atoms with E-state index < -0.39 is 0 Å². The van der Waals surface area contributed by atoms with E-state index in [2.05, 4.69) is 10.3 Å². The molecule has 0 unspecified atom stereocenters. The number of hydrogen-bond donors (Lipinski definition) is 1. The normalized spacial score (nSPS) is 13.3. The molecule has 1 aliphatic heterocycles. The van der Waals surface area contributed by atoms with Gasteiger partial charge in [0.2, 0.25) is 0 Å². The molecule has 0 bridgehead atoms. The summed E-state index contributed by atoms with van der Waals surface area (Å²) in [6.07, 6.45) is 2.56. The second-order valence-corrected chi connectivity index (χ2v) is 7.98. The van der Waals surface area contributed by atoms with E-state index in [1.165, 1.54) is 11.9 Å². The second kappa shape index (κ2) is 9.58. The summed E-state index contributed by atoms with van der Waals surface area (Å²) in [5.41, 5.74) is 1.00. The SMILES string of the molecule is CN(C)CCCC(=O)OC1=C(C(=O)Nc2ccccn2)N(C)Sc2ccccc21. The van der Waals surface area contributed by atoms with Crippen LogP contribution in [0, 0.1) is 0 Å². The van der Waals surface area contributed by atoms with Gasteiger partial charge in [-0.05, 0) is 63.3 Å². The molecule has 1 amide bonds. The highest BCUT2D eigenvalue weighted by Gasteiger charge is 2.31. The van der Waals surface area contributed by atoms with Gasteiger partial charge in [-0.15, -0.1) is 0 Å². The second-order valence-electron chi connectivity index (χ2n) is 6.81. The zero-order chi connectivity index (χ0) is 20.8.